The Hall–Kier alpha value is -2.00. The van der Waals surface area contributed by atoms with Crippen LogP contribution in [0.2, 0.25) is 0 Å². The fraction of sp³-hybridized carbons (Fsp3) is 0.211. The lowest BCUT2D eigenvalue weighted by atomic mass is 10.1. The highest BCUT2D eigenvalue weighted by molar-refractivity contribution is 5.70. The number of hydrogen-bond acceptors (Lipinski definition) is 2. The molecule has 0 amide bonds. The minimum atomic E-state index is 0. The highest BCUT2D eigenvalue weighted by Gasteiger charge is 2.05. The summed E-state index contributed by atoms with van der Waals surface area (Å²) in [4.78, 5) is 0. The van der Waals surface area contributed by atoms with Gasteiger partial charge in [-0.2, -0.15) is 0 Å². The van der Waals surface area contributed by atoms with E-state index >= 15 is 0 Å². The zero-order valence-electron chi connectivity index (χ0n) is 13.3. The molecule has 2 rings (SSSR count). The van der Waals surface area contributed by atoms with Crippen molar-refractivity contribution >= 4 is 12.2 Å². The van der Waals surface area contributed by atoms with Gasteiger partial charge < -0.3 is 33.5 Å². The first kappa shape index (κ1) is 19.0. The van der Waals surface area contributed by atoms with Gasteiger partial charge in [-0.15, -0.1) is 6.42 Å². The van der Waals surface area contributed by atoms with Gasteiger partial charge in [-0.05, 0) is 30.2 Å². The third-order valence-electron chi connectivity index (χ3n) is 3.05. The Morgan fingerprint density at radius 3 is 2.39 bits per heavy atom. The topological polar surface area (TPSA) is 22.3 Å². The number of halogens is 1. The van der Waals surface area contributed by atoms with Gasteiger partial charge in [0.1, 0.15) is 13.7 Å². The number of nitrogens with zero attached hydrogens (tertiary/aromatic N) is 1. The zero-order valence-corrected chi connectivity index (χ0v) is 15.5. The Morgan fingerprint density at radius 2 is 1.74 bits per heavy atom. The maximum Gasteiger partial charge on any atom is 0.169 e. The first-order valence-corrected chi connectivity index (χ1v) is 7.19. The van der Waals surface area contributed by atoms with Crippen LogP contribution < -0.4 is 38.0 Å². The number of hydrogen-bond donors (Lipinski definition) is 0. The van der Waals surface area contributed by atoms with Crippen molar-refractivity contribution in [3.63, 3.8) is 0 Å². The lowest BCUT2D eigenvalue weighted by molar-refractivity contribution is -0.671. The van der Waals surface area contributed by atoms with Gasteiger partial charge in [0, 0.05) is 12.1 Å². The molecule has 0 radical (unpaired) electrons. The van der Waals surface area contributed by atoms with Crippen molar-refractivity contribution < 1.29 is 38.0 Å². The SMILES string of the molecule is C#CCOc1ccc(/C=C/c2cc[n+](C)cc2)cc1OCC.[I-]. The second kappa shape index (κ2) is 9.90. The van der Waals surface area contributed by atoms with Gasteiger partial charge in [-0.1, -0.05) is 24.1 Å². The molecule has 0 saturated carbocycles. The van der Waals surface area contributed by atoms with E-state index in [9.17, 15) is 0 Å². The number of ether oxygens (including phenoxy) is 2. The van der Waals surface area contributed by atoms with Crippen LogP contribution in [0.3, 0.4) is 0 Å². The minimum absolute atomic E-state index is 0. The summed E-state index contributed by atoms with van der Waals surface area (Å²) >= 11 is 0. The molecular formula is C19H20INO2. The molecule has 0 aliphatic carbocycles. The minimum Gasteiger partial charge on any atom is -1.00 e. The van der Waals surface area contributed by atoms with E-state index in [4.69, 9.17) is 15.9 Å². The second-order valence-corrected chi connectivity index (χ2v) is 4.76. The molecule has 1 aromatic heterocycles. The van der Waals surface area contributed by atoms with Crippen LogP contribution in [0.5, 0.6) is 11.5 Å². The van der Waals surface area contributed by atoms with Crippen molar-refractivity contribution in [2.75, 3.05) is 13.2 Å². The highest BCUT2D eigenvalue weighted by Crippen LogP contribution is 2.29. The third kappa shape index (κ3) is 5.95. The number of aryl methyl sites for hydroxylation is 1. The molecular weight excluding hydrogens is 401 g/mol. The van der Waals surface area contributed by atoms with Crippen LogP contribution in [0.25, 0.3) is 12.2 Å². The summed E-state index contributed by atoms with van der Waals surface area (Å²) in [7, 11) is 2.00. The van der Waals surface area contributed by atoms with Gasteiger partial charge in [0.2, 0.25) is 0 Å². The largest absolute Gasteiger partial charge is 1.00 e. The quantitative estimate of drug-likeness (QED) is 0.375. The van der Waals surface area contributed by atoms with E-state index in [1.54, 1.807) is 0 Å². The van der Waals surface area contributed by atoms with E-state index in [0.29, 0.717) is 18.1 Å². The van der Waals surface area contributed by atoms with Crippen LogP contribution in [0.4, 0.5) is 0 Å². The van der Waals surface area contributed by atoms with Crippen molar-refractivity contribution in [3.05, 3.63) is 53.9 Å². The Bertz CT molecular complexity index is 688. The lowest BCUT2D eigenvalue weighted by Gasteiger charge is -2.10. The van der Waals surface area contributed by atoms with Crippen molar-refractivity contribution in [2.24, 2.45) is 7.05 Å². The smallest absolute Gasteiger partial charge is 0.169 e. The van der Waals surface area contributed by atoms with Crippen LogP contribution in [-0.2, 0) is 7.05 Å². The zero-order chi connectivity index (χ0) is 15.8. The lowest BCUT2D eigenvalue weighted by Crippen LogP contribution is -3.00. The van der Waals surface area contributed by atoms with Gasteiger partial charge in [-0.25, -0.2) is 4.57 Å². The summed E-state index contributed by atoms with van der Waals surface area (Å²) in [5.74, 6) is 3.84. The van der Waals surface area contributed by atoms with Crippen LogP contribution in [0.1, 0.15) is 18.1 Å². The summed E-state index contributed by atoms with van der Waals surface area (Å²) in [5.41, 5.74) is 2.19. The fourth-order valence-corrected chi connectivity index (χ4v) is 1.95. The summed E-state index contributed by atoms with van der Waals surface area (Å²) in [5, 5.41) is 0. The Morgan fingerprint density at radius 1 is 1.04 bits per heavy atom. The van der Waals surface area contributed by atoms with Gasteiger partial charge in [-0.3, -0.25) is 0 Å². The molecule has 0 fully saturated rings. The van der Waals surface area contributed by atoms with E-state index in [1.807, 2.05) is 55.2 Å². The molecule has 0 saturated heterocycles. The maximum absolute atomic E-state index is 5.61. The van der Waals surface area contributed by atoms with Crippen LogP contribution >= 0.6 is 0 Å². The highest BCUT2D eigenvalue weighted by atomic mass is 127. The number of aromatic nitrogens is 1. The first-order chi connectivity index (χ1) is 10.7. The average Bonchev–Trinajstić information content (AvgIpc) is 2.54. The number of benzene rings is 1. The van der Waals surface area contributed by atoms with E-state index in [0.717, 1.165) is 11.1 Å². The van der Waals surface area contributed by atoms with Crippen LogP contribution in [0.15, 0.2) is 42.7 Å². The molecule has 3 nitrogen and oxygen atoms in total. The van der Waals surface area contributed by atoms with Crippen molar-refractivity contribution in [1.29, 1.82) is 0 Å². The summed E-state index contributed by atoms with van der Waals surface area (Å²) in [6.07, 6.45) is 13.4. The summed E-state index contributed by atoms with van der Waals surface area (Å²) < 4.78 is 13.1. The summed E-state index contributed by atoms with van der Waals surface area (Å²) in [6, 6.07) is 9.93. The first-order valence-electron chi connectivity index (χ1n) is 7.19. The van der Waals surface area contributed by atoms with Gasteiger partial charge in [0.15, 0.2) is 23.9 Å². The molecule has 1 heterocycles. The van der Waals surface area contributed by atoms with Crippen molar-refractivity contribution in [2.45, 2.75) is 6.92 Å². The van der Waals surface area contributed by atoms with Gasteiger partial charge in [0.25, 0.3) is 0 Å². The number of terminal acetylenes is 1. The molecule has 0 bridgehead atoms. The monoisotopic (exact) mass is 421 g/mol. The molecule has 1 aromatic carbocycles. The molecule has 120 valence electrons. The number of pyridine rings is 1. The van der Waals surface area contributed by atoms with Crippen molar-refractivity contribution in [3.8, 4) is 23.8 Å². The molecule has 2 aromatic rings. The molecule has 0 spiro atoms. The number of rotatable bonds is 6. The molecule has 0 N–H and O–H groups in total. The van der Waals surface area contributed by atoms with E-state index in [2.05, 4.69) is 24.1 Å². The predicted molar refractivity (Wildman–Crippen MR) is 88.5 cm³/mol. The molecule has 4 heteroatoms. The van der Waals surface area contributed by atoms with E-state index < -0.39 is 0 Å². The van der Waals surface area contributed by atoms with Crippen LogP contribution in [0, 0.1) is 12.3 Å². The Labute approximate surface area is 155 Å². The molecule has 23 heavy (non-hydrogen) atoms. The predicted octanol–water partition coefficient (Wildman–Crippen LogP) is 0.0962. The van der Waals surface area contributed by atoms with Crippen molar-refractivity contribution in [1.82, 2.24) is 0 Å². The fourth-order valence-electron chi connectivity index (χ4n) is 1.95. The molecule has 0 aliphatic heterocycles. The van der Waals surface area contributed by atoms with Gasteiger partial charge >= 0.3 is 0 Å². The molecule has 0 aliphatic rings. The third-order valence-corrected chi connectivity index (χ3v) is 3.05. The normalized spacial score (nSPS) is 9.96. The molecule has 0 atom stereocenters. The molecule has 0 unspecified atom stereocenters. The van der Waals surface area contributed by atoms with E-state index in [-0.39, 0.29) is 30.6 Å². The van der Waals surface area contributed by atoms with Gasteiger partial charge in [0.05, 0.1) is 6.61 Å². The maximum atomic E-state index is 5.61. The average molecular weight is 421 g/mol. The van der Waals surface area contributed by atoms with Crippen LogP contribution in [-0.4, -0.2) is 13.2 Å². The second-order valence-electron chi connectivity index (χ2n) is 4.76. The standard InChI is InChI=1S/C19H20NO2.HI/c1-4-14-22-18-9-8-17(15-19(18)21-5-2)7-6-16-10-12-20(3)13-11-16;/h1,6-13,15H,5,14H2,2-3H3;1H/q+1;/p-1/b7-6+;. The Kier molecular flexibility index (Phi) is 8.20. The Balaban J connectivity index is 0.00000264. The van der Waals surface area contributed by atoms with E-state index in [1.165, 1.54) is 0 Å². The summed E-state index contributed by atoms with van der Waals surface area (Å²) in [6.45, 7) is 2.75.